The number of ketones is 1. The van der Waals surface area contributed by atoms with Gasteiger partial charge in [0.15, 0.2) is 5.78 Å². The lowest BCUT2D eigenvalue weighted by Crippen LogP contribution is -2.38. The van der Waals surface area contributed by atoms with E-state index < -0.39 is 12.0 Å². The molecule has 0 spiro atoms. The van der Waals surface area contributed by atoms with Gasteiger partial charge in [0.2, 0.25) is 0 Å². The van der Waals surface area contributed by atoms with Gasteiger partial charge in [-0.05, 0) is 30.7 Å². The zero-order valence-electron chi connectivity index (χ0n) is 10.3. The zero-order valence-corrected chi connectivity index (χ0v) is 11.1. The van der Waals surface area contributed by atoms with Crippen LogP contribution in [0.1, 0.15) is 23.2 Å². The minimum absolute atomic E-state index is 0.109. The first-order valence-corrected chi connectivity index (χ1v) is 6.28. The van der Waals surface area contributed by atoms with E-state index in [1.54, 1.807) is 24.3 Å². The summed E-state index contributed by atoms with van der Waals surface area (Å²) in [6.07, 6.45) is 0.0687. The second-order valence-corrected chi connectivity index (χ2v) is 4.47. The highest BCUT2D eigenvalue weighted by molar-refractivity contribution is 6.30. The predicted octanol–water partition coefficient (Wildman–Crippen LogP) is 1.34. The molecule has 0 radical (unpaired) electrons. The second-order valence-electron chi connectivity index (χ2n) is 4.03. The van der Waals surface area contributed by atoms with Crippen LogP contribution < -0.4 is 5.32 Å². The summed E-state index contributed by atoms with van der Waals surface area (Å²) in [5, 5.41) is 20.8. The number of halogens is 1. The van der Waals surface area contributed by atoms with Gasteiger partial charge in [-0.2, -0.15) is 0 Å². The highest BCUT2D eigenvalue weighted by Gasteiger charge is 2.20. The van der Waals surface area contributed by atoms with Crippen LogP contribution in [-0.2, 0) is 4.79 Å². The third-order valence-corrected chi connectivity index (χ3v) is 2.85. The summed E-state index contributed by atoms with van der Waals surface area (Å²) >= 11 is 5.74. The van der Waals surface area contributed by atoms with Gasteiger partial charge in [0.25, 0.3) is 0 Å². The van der Waals surface area contributed by atoms with Gasteiger partial charge in [-0.3, -0.25) is 9.59 Å². The maximum Gasteiger partial charge on any atom is 0.303 e. The van der Waals surface area contributed by atoms with Gasteiger partial charge in [0.05, 0.1) is 12.6 Å². The van der Waals surface area contributed by atoms with Crippen LogP contribution in [0.5, 0.6) is 0 Å². The Morgan fingerprint density at radius 1 is 1.26 bits per heavy atom. The summed E-state index contributed by atoms with van der Waals surface area (Å²) in [5.74, 6) is -1.16. The van der Waals surface area contributed by atoms with E-state index in [1.165, 1.54) is 0 Å². The van der Waals surface area contributed by atoms with Crippen molar-refractivity contribution in [3.05, 3.63) is 34.9 Å². The van der Waals surface area contributed by atoms with Gasteiger partial charge in [0.1, 0.15) is 0 Å². The van der Waals surface area contributed by atoms with Gasteiger partial charge in [-0.15, -0.1) is 0 Å². The monoisotopic (exact) mass is 285 g/mol. The lowest BCUT2D eigenvalue weighted by Gasteiger charge is -2.16. The third-order valence-electron chi connectivity index (χ3n) is 2.59. The van der Waals surface area contributed by atoms with Crippen molar-refractivity contribution in [3.63, 3.8) is 0 Å². The SMILES string of the molecule is O=C(O)CCC(NCCO)C(=O)c1ccc(Cl)cc1. The summed E-state index contributed by atoms with van der Waals surface area (Å²) in [5.41, 5.74) is 0.463. The van der Waals surface area contributed by atoms with E-state index in [0.717, 1.165) is 0 Å². The van der Waals surface area contributed by atoms with E-state index in [2.05, 4.69) is 5.32 Å². The third kappa shape index (κ3) is 5.38. The average Bonchev–Trinajstić information content (AvgIpc) is 2.39. The van der Waals surface area contributed by atoms with Crippen molar-refractivity contribution < 1.29 is 19.8 Å². The number of carboxylic acids is 1. The van der Waals surface area contributed by atoms with Crippen molar-refractivity contribution in [2.45, 2.75) is 18.9 Å². The second kappa shape index (κ2) is 7.89. The van der Waals surface area contributed by atoms with E-state index in [4.69, 9.17) is 21.8 Å². The van der Waals surface area contributed by atoms with Crippen LogP contribution in [0.4, 0.5) is 0 Å². The summed E-state index contributed by atoms with van der Waals surface area (Å²) in [7, 11) is 0. The molecule has 0 heterocycles. The molecule has 1 rings (SSSR count). The Hall–Kier alpha value is -1.43. The van der Waals surface area contributed by atoms with E-state index in [9.17, 15) is 9.59 Å². The van der Waals surface area contributed by atoms with Gasteiger partial charge in [-0.25, -0.2) is 0 Å². The number of hydrogen-bond acceptors (Lipinski definition) is 4. The summed E-state index contributed by atoms with van der Waals surface area (Å²) in [4.78, 5) is 22.8. The molecule has 104 valence electrons. The fraction of sp³-hybridized carbons (Fsp3) is 0.385. The largest absolute Gasteiger partial charge is 0.481 e. The average molecular weight is 286 g/mol. The minimum Gasteiger partial charge on any atom is -0.481 e. The molecule has 1 aromatic carbocycles. The van der Waals surface area contributed by atoms with Crippen LogP contribution in [0.15, 0.2) is 24.3 Å². The lowest BCUT2D eigenvalue weighted by atomic mass is 10.00. The fourth-order valence-electron chi connectivity index (χ4n) is 1.65. The van der Waals surface area contributed by atoms with E-state index >= 15 is 0 Å². The Labute approximate surface area is 116 Å². The van der Waals surface area contributed by atoms with Crippen LogP contribution in [0.25, 0.3) is 0 Å². The van der Waals surface area contributed by atoms with Crippen molar-refractivity contribution in [1.29, 1.82) is 0 Å². The van der Waals surface area contributed by atoms with Crippen molar-refractivity contribution >= 4 is 23.4 Å². The van der Waals surface area contributed by atoms with Crippen molar-refractivity contribution in [3.8, 4) is 0 Å². The van der Waals surface area contributed by atoms with Crippen LogP contribution in [0, 0.1) is 0 Å². The zero-order chi connectivity index (χ0) is 14.3. The molecule has 1 atom stereocenters. The first kappa shape index (κ1) is 15.6. The van der Waals surface area contributed by atoms with Gasteiger partial charge < -0.3 is 15.5 Å². The van der Waals surface area contributed by atoms with Crippen LogP contribution in [0.3, 0.4) is 0 Å². The molecule has 6 heteroatoms. The van der Waals surface area contributed by atoms with Crippen LogP contribution in [-0.4, -0.2) is 41.2 Å². The Balaban J connectivity index is 2.74. The topological polar surface area (TPSA) is 86.6 Å². The highest BCUT2D eigenvalue weighted by atomic mass is 35.5. The minimum atomic E-state index is -0.959. The Bertz CT molecular complexity index is 433. The highest BCUT2D eigenvalue weighted by Crippen LogP contribution is 2.13. The van der Waals surface area contributed by atoms with E-state index in [1.807, 2.05) is 0 Å². The number of carboxylic acid groups (broad SMARTS) is 1. The lowest BCUT2D eigenvalue weighted by molar-refractivity contribution is -0.137. The molecule has 0 saturated heterocycles. The van der Waals surface area contributed by atoms with Crippen LogP contribution in [0.2, 0.25) is 5.02 Å². The smallest absolute Gasteiger partial charge is 0.303 e. The first-order chi connectivity index (χ1) is 9.04. The summed E-state index contributed by atoms with van der Waals surface area (Å²) < 4.78 is 0. The molecule has 0 fully saturated rings. The number of aliphatic hydroxyl groups excluding tert-OH is 1. The van der Waals surface area contributed by atoms with Gasteiger partial charge in [0, 0.05) is 23.6 Å². The molecule has 3 N–H and O–H groups in total. The quantitative estimate of drug-likeness (QED) is 0.628. The van der Waals surface area contributed by atoms with Crippen molar-refractivity contribution in [2.75, 3.05) is 13.2 Å². The number of carbonyl (C=O) groups excluding carboxylic acids is 1. The van der Waals surface area contributed by atoms with E-state index in [-0.39, 0.29) is 31.8 Å². The van der Waals surface area contributed by atoms with E-state index in [0.29, 0.717) is 10.6 Å². The molecule has 5 nitrogen and oxygen atoms in total. The molecule has 0 bridgehead atoms. The number of rotatable bonds is 8. The molecule has 1 unspecified atom stereocenters. The molecule has 0 aliphatic rings. The standard InChI is InChI=1S/C13H16ClNO4/c14-10-3-1-9(2-4-10)13(19)11(15-7-8-16)5-6-12(17)18/h1-4,11,15-16H,5-8H2,(H,17,18). The molecule has 0 amide bonds. The normalized spacial score (nSPS) is 12.1. The molecule has 0 aliphatic carbocycles. The number of nitrogens with one attached hydrogen (secondary N) is 1. The number of benzene rings is 1. The molecule has 0 saturated carbocycles. The Morgan fingerprint density at radius 3 is 2.42 bits per heavy atom. The molecule has 1 aromatic rings. The summed E-state index contributed by atoms with van der Waals surface area (Å²) in [6.45, 7) is 0.126. The number of aliphatic hydroxyl groups is 1. The Kier molecular flexibility index (Phi) is 6.49. The number of carbonyl (C=O) groups is 2. The van der Waals surface area contributed by atoms with Crippen molar-refractivity contribution in [2.24, 2.45) is 0 Å². The fourth-order valence-corrected chi connectivity index (χ4v) is 1.77. The maximum atomic E-state index is 12.2. The summed E-state index contributed by atoms with van der Waals surface area (Å²) in [6, 6.07) is 5.78. The molecule has 0 aliphatic heterocycles. The molecule has 19 heavy (non-hydrogen) atoms. The molecule has 0 aromatic heterocycles. The number of hydrogen-bond donors (Lipinski definition) is 3. The molecular weight excluding hydrogens is 270 g/mol. The maximum absolute atomic E-state index is 12.2. The van der Waals surface area contributed by atoms with Crippen molar-refractivity contribution in [1.82, 2.24) is 5.32 Å². The van der Waals surface area contributed by atoms with Crippen LogP contribution >= 0.6 is 11.6 Å². The van der Waals surface area contributed by atoms with Gasteiger partial charge >= 0.3 is 5.97 Å². The molecular formula is C13H16ClNO4. The first-order valence-electron chi connectivity index (χ1n) is 5.90. The number of Topliss-reactive ketones (excluding diaryl/α,β-unsaturated/α-hetero) is 1. The Morgan fingerprint density at radius 2 is 1.89 bits per heavy atom. The number of aliphatic carboxylic acids is 1. The predicted molar refractivity (Wildman–Crippen MR) is 71.5 cm³/mol. The van der Waals surface area contributed by atoms with Gasteiger partial charge in [-0.1, -0.05) is 11.6 Å².